The Labute approximate surface area is 102 Å². The molecule has 0 radical (unpaired) electrons. The monoisotopic (exact) mass is 282 g/mol. The molecule has 0 fully saturated rings. The number of aliphatic hydroxyl groups is 1. The number of rotatable bonds is 6. The Hall–Kier alpha value is -0.680. The maximum absolute atomic E-state index is 11.1. The van der Waals surface area contributed by atoms with E-state index in [1.54, 1.807) is 0 Å². The standard InChI is InChI=1S/C8H10O7S2/c9-4-3-6-1-2-7(16-15-14-10)5-8(6)17(11,12)13/h1-2,5,9-10H,3-4H2,(H,11,12,13). The molecule has 0 aliphatic rings. The van der Waals surface area contributed by atoms with E-state index in [1.165, 1.54) is 12.1 Å². The van der Waals surface area contributed by atoms with Gasteiger partial charge in [-0.15, -0.1) is 4.33 Å². The molecule has 1 aromatic rings. The Kier molecular flexibility index (Phi) is 5.33. The minimum atomic E-state index is -4.39. The number of hydrogen-bond acceptors (Lipinski definition) is 7. The zero-order valence-corrected chi connectivity index (χ0v) is 10.1. The first-order valence-corrected chi connectivity index (χ1v) is 6.53. The first-order valence-electron chi connectivity index (χ1n) is 4.35. The Morgan fingerprint density at radius 3 is 2.59 bits per heavy atom. The van der Waals surface area contributed by atoms with Gasteiger partial charge in [-0.1, -0.05) is 11.1 Å². The lowest BCUT2D eigenvalue weighted by Crippen LogP contribution is -2.05. The van der Waals surface area contributed by atoms with Crippen molar-refractivity contribution in [3.63, 3.8) is 0 Å². The van der Waals surface area contributed by atoms with Gasteiger partial charge in [-0.25, -0.2) is 5.26 Å². The topological polar surface area (TPSA) is 113 Å². The Balaban J connectivity index is 3.11. The van der Waals surface area contributed by atoms with Gasteiger partial charge in [0.25, 0.3) is 10.1 Å². The molecule has 0 saturated heterocycles. The fraction of sp³-hybridized carbons (Fsp3) is 0.250. The van der Waals surface area contributed by atoms with Crippen molar-refractivity contribution < 1.29 is 32.7 Å². The zero-order valence-electron chi connectivity index (χ0n) is 8.44. The highest BCUT2D eigenvalue weighted by molar-refractivity contribution is 7.94. The largest absolute Gasteiger partial charge is 0.396 e. The van der Waals surface area contributed by atoms with E-state index in [2.05, 4.69) is 9.37 Å². The van der Waals surface area contributed by atoms with Gasteiger partial charge >= 0.3 is 0 Å². The van der Waals surface area contributed by atoms with Gasteiger partial charge in [-0.3, -0.25) is 4.55 Å². The lowest BCUT2D eigenvalue weighted by Gasteiger charge is -2.07. The van der Waals surface area contributed by atoms with Crippen molar-refractivity contribution in [1.82, 2.24) is 0 Å². The van der Waals surface area contributed by atoms with Crippen LogP contribution < -0.4 is 0 Å². The van der Waals surface area contributed by atoms with Crippen LogP contribution >= 0.6 is 12.0 Å². The average Bonchev–Trinajstić information content (AvgIpc) is 2.26. The van der Waals surface area contributed by atoms with Crippen molar-refractivity contribution in [3.8, 4) is 0 Å². The van der Waals surface area contributed by atoms with E-state index in [4.69, 9.17) is 14.9 Å². The molecule has 0 atom stereocenters. The van der Waals surface area contributed by atoms with E-state index in [1.807, 2.05) is 0 Å². The Morgan fingerprint density at radius 1 is 1.35 bits per heavy atom. The molecular formula is C8H10O7S2. The quantitative estimate of drug-likeness (QED) is 0.305. The third-order valence-electron chi connectivity index (χ3n) is 1.86. The summed E-state index contributed by atoms with van der Waals surface area (Å²) in [5.74, 6) is 0. The molecule has 0 aromatic heterocycles. The molecule has 0 amide bonds. The Bertz CT molecular complexity index is 471. The number of benzene rings is 1. The summed E-state index contributed by atoms with van der Waals surface area (Å²) < 4.78 is 35.3. The molecule has 1 aromatic carbocycles. The van der Waals surface area contributed by atoms with Gasteiger partial charge < -0.3 is 5.11 Å². The van der Waals surface area contributed by atoms with Crippen LogP contribution in [0.2, 0.25) is 0 Å². The van der Waals surface area contributed by atoms with Crippen LogP contribution in [0.4, 0.5) is 0 Å². The van der Waals surface area contributed by atoms with Crippen LogP contribution in [-0.2, 0) is 25.9 Å². The van der Waals surface area contributed by atoms with Crippen molar-refractivity contribution in [2.75, 3.05) is 6.61 Å². The van der Waals surface area contributed by atoms with E-state index in [9.17, 15) is 8.42 Å². The van der Waals surface area contributed by atoms with Crippen LogP contribution in [0.3, 0.4) is 0 Å². The van der Waals surface area contributed by atoms with E-state index in [0.717, 1.165) is 6.07 Å². The van der Waals surface area contributed by atoms with Gasteiger partial charge in [0.1, 0.15) is 0 Å². The number of hydrogen-bond donors (Lipinski definition) is 3. The number of aliphatic hydroxyl groups excluding tert-OH is 1. The molecule has 3 N–H and O–H groups in total. The fourth-order valence-electron chi connectivity index (χ4n) is 1.21. The normalized spacial score (nSPS) is 11.7. The summed E-state index contributed by atoms with van der Waals surface area (Å²) in [6, 6.07) is 4.05. The van der Waals surface area contributed by atoms with Gasteiger partial charge in [0.05, 0.1) is 16.9 Å². The smallest absolute Gasteiger partial charge is 0.294 e. The van der Waals surface area contributed by atoms with Crippen LogP contribution in [0.25, 0.3) is 0 Å². The molecule has 0 aliphatic carbocycles. The second-order valence-electron chi connectivity index (χ2n) is 2.94. The maximum Gasteiger partial charge on any atom is 0.294 e. The SMILES string of the molecule is O=S(=O)(O)c1cc(SOOO)ccc1CCO. The van der Waals surface area contributed by atoms with Crippen molar-refractivity contribution in [1.29, 1.82) is 0 Å². The maximum atomic E-state index is 11.1. The van der Waals surface area contributed by atoms with Crippen LogP contribution in [0.5, 0.6) is 0 Å². The molecule has 0 unspecified atom stereocenters. The van der Waals surface area contributed by atoms with Gasteiger partial charge in [0.2, 0.25) is 0 Å². The minimum absolute atomic E-state index is 0.0947. The summed E-state index contributed by atoms with van der Waals surface area (Å²) >= 11 is 0.567. The highest BCUT2D eigenvalue weighted by Crippen LogP contribution is 2.25. The molecule has 17 heavy (non-hydrogen) atoms. The lowest BCUT2D eigenvalue weighted by molar-refractivity contribution is -0.432. The van der Waals surface area contributed by atoms with Gasteiger partial charge in [0.15, 0.2) is 0 Å². The summed E-state index contributed by atoms with van der Waals surface area (Å²) in [7, 11) is -4.39. The molecular weight excluding hydrogens is 272 g/mol. The summed E-state index contributed by atoms with van der Waals surface area (Å²) in [4.78, 5) is -0.0218. The molecule has 7 nitrogen and oxygen atoms in total. The highest BCUT2D eigenvalue weighted by Gasteiger charge is 2.16. The van der Waals surface area contributed by atoms with Crippen molar-refractivity contribution in [2.45, 2.75) is 16.2 Å². The summed E-state index contributed by atoms with van der Waals surface area (Å²) in [5, 5.41) is 20.1. The van der Waals surface area contributed by atoms with Crippen LogP contribution in [0.15, 0.2) is 28.0 Å². The second kappa shape index (κ2) is 6.31. The molecule has 96 valence electrons. The second-order valence-corrected chi connectivity index (χ2v) is 5.11. The van der Waals surface area contributed by atoms with E-state index < -0.39 is 10.1 Å². The third kappa shape index (κ3) is 4.24. The van der Waals surface area contributed by atoms with Crippen LogP contribution in [0.1, 0.15) is 5.56 Å². The van der Waals surface area contributed by atoms with E-state index >= 15 is 0 Å². The molecule has 9 heteroatoms. The van der Waals surface area contributed by atoms with Crippen molar-refractivity contribution >= 4 is 22.2 Å². The first-order chi connectivity index (χ1) is 7.99. The summed E-state index contributed by atoms with van der Waals surface area (Å²) in [5.41, 5.74) is 0.282. The van der Waals surface area contributed by atoms with Crippen molar-refractivity contribution in [3.05, 3.63) is 23.8 Å². The minimum Gasteiger partial charge on any atom is -0.396 e. The molecule has 1 rings (SSSR count). The van der Waals surface area contributed by atoms with Gasteiger partial charge in [-0.05, 0) is 24.1 Å². The molecule has 0 heterocycles. The predicted molar refractivity (Wildman–Crippen MR) is 57.7 cm³/mol. The third-order valence-corrected chi connectivity index (χ3v) is 3.37. The molecule has 0 spiro atoms. The molecule has 0 aliphatic heterocycles. The zero-order chi connectivity index (χ0) is 12.9. The Morgan fingerprint density at radius 2 is 2.06 bits per heavy atom. The summed E-state index contributed by atoms with van der Waals surface area (Å²) in [6.07, 6.45) is 0.0947. The van der Waals surface area contributed by atoms with E-state index in [0.29, 0.717) is 16.9 Å². The van der Waals surface area contributed by atoms with Crippen molar-refractivity contribution in [2.24, 2.45) is 0 Å². The predicted octanol–water partition coefficient (Wildman–Crippen LogP) is 0.896. The van der Waals surface area contributed by atoms with Crippen LogP contribution in [0, 0.1) is 0 Å². The lowest BCUT2D eigenvalue weighted by atomic mass is 10.2. The summed E-state index contributed by atoms with van der Waals surface area (Å²) in [6.45, 7) is -0.245. The highest BCUT2D eigenvalue weighted by atomic mass is 32.2. The molecule has 0 saturated carbocycles. The van der Waals surface area contributed by atoms with E-state index in [-0.39, 0.29) is 23.5 Å². The van der Waals surface area contributed by atoms with Gasteiger partial charge in [-0.2, -0.15) is 8.42 Å². The van der Waals surface area contributed by atoms with Gasteiger partial charge in [0, 0.05) is 11.5 Å². The molecule has 0 bridgehead atoms. The fourth-order valence-corrected chi connectivity index (χ4v) is 2.46. The average molecular weight is 282 g/mol. The van der Waals surface area contributed by atoms with Crippen LogP contribution in [-0.4, -0.2) is 29.9 Å². The first kappa shape index (κ1) is 14.4.